The molecule has 2 aromatic rings. The molecule has 0 unspecified atom stereocenters. The zero-order chi connectivity index (χ0) is 16.2. The van der Waals surface area contributed by atoms with Crippen molar-refractivity contribution in [1.29, 1.82) is 0 Å². The molecule has 0 radical (unpaired) electrons. The van der Waals surface area contributed by atoms with Gasteiger partial charge in [0.05, 0.1) is 17.5 Å². The van der Waals surface area contributed by atoms with Gasteiger partial charge in [0, 0.05) is 22.8 Å². The zero-order valence-corrected chi connectivity index (χ0v) is 15.1. The van der Waals surface area contributed by atoms with Gasteiger partial charge >= 0.3 is 0 Å². The number of anilines is 1. The van der Waals surface area contributed by atoms with E-state index >= 15 is 0 Å². The summed E-state index contributed by atoms with van der Waals surface area (Å²) in [4.78, 5) is 8.36. The summed E-state index contributed by atoms with van der Waals surface area (Å²) in [5, 5.41) is 4.47. The molecule has 0 aromatic heterocycles. The molecule has 2 aliphatic rings. The lowest BCUT2D eigenvalue weighted by atomic mass is 9.75. The smallest absolute Gasteiger partial charge is 0.224 e. The number of fused-ring (bicyclic) bond motifs is 1. The third kappa shape index (κ3) is 1.91. The van der Waals surface area contributed by atoms with Gasteiger partial charge in [0.2, 0.25) is 5.72 Å². The van der Waals surface area contributed by atoms with Crippen molar-refractivity contribution in [2.75, 3.05) is 11.9 Å². The second-order valence-electron chi connectivity index (χ2n) is 6.80. The molecule has 118 valence electrons. The van der Waals surface area contributed by atoms with Crippen molar-refractivity contribution in [2.24, 2.45) is 5.16 Å². The number of benzene rings is 2. The van der Waals surface area contributed by atoms with Crippen LogP contribution in [0.5, 0.6) is 0 Å². The average Bonchev–Trinajstić information content (AvgIpc) is 3.06. The molecule has 2 heterocycles. The van der Waals surface area contributed by atoms with E-state index in [2.05, 4.69) is 83.3 Å². The maximum absolute atomic E-state index is 6.12. The van der Waals surface area contributed by atoms with E-state index in [0.717, 1.165) is 22.2 Å². The lowest BCUT2D eigenvalue weighted by Gasteiger charge is -2.40. The van der Waals surface area contributed by atoms with Gasteiger partial charge in [0.25, 0.3) is 0 Å². The summed E-state index contributed by atoms with van der Waals surface area (Å²) in [6.45, 7) is 4.49. The second kappa shape index (κ2) is 4.84. The van der Waals surface area contributed by atoms with Gasteiger partial charge in [-0.05, 0) is 37.6 Å². The predicted molar refractivity (Wildman–Crippen MR) is 97.0 cm³/mol. The number of nitrogens with zero attached hydrogens (tertiary/aromatic N) is 2. The topological polar surface area (TPSA) is 24.8 Å². The Balaban J connectivity index is 1.75. The summed E-state index contributed by atoms with van der Waals surface area (Å²) in [5.41, 5.74) is 4.04. The maximum atomic E-state index is 6.12. The quantitative estimate of drug-likeness (QED) is 0.726. The maximum Gasteiger partial charge on any atom is 0.224 e. The third-order valence-electron chi connectivity index (χ3n) is 5.33. The lowest BCUT2D eigenvalue weighted by molar-refractivity contribution is -0.0591. The third-order valence-corrected chi connectivity index (χ3v) is 5.82. The van der Waals surface area contributed by atoms with Crippen LogP contribution in [0.15, 0.2) is 58.2 Å². The minimum Gasteiger partial charge on any atom is -0.366 e. The Kier molecular flexibility index (Phi) is 3.11. The molecule has 0 saturated carbocycles. The van der Waals surface area contributed by atoms with Crippen molar-refractivity contribution in [3.63, 3.8) is 0 Å². The zero-order valence-electron chi connectivity index (χ0n) is 13.5. The molecule has 4 rings (SSSR count). The fourth-order valence-corrected chi connectivity index (χ4v) is 4.28. The molecule has 4 heteroatoms. The van der Waals surface area contributed by atoms with Gasteiger partial charge in [0.15, 0.2) is 0 Å². The van der Waals surface area contributed by atoms with E-state index in [1.807, 2.05) is 12.1 Å². The Morgan fingerprint density at radius 3 is 2.65 bits per heavy atom. The SMILES string of the molecule is CN1c2ccccc2C(C)(C)[C@@]12CC(c1cccc(Br)c1)=NO2. The lowest BCUT2D eigenvalue weighted by Crippen LogP contribution is -2.54. The van der Waals surface area contributed by atoms with Crippen LogP contribution in [0.2, 0.25) is 0 Å². The Morgan fingerprint density at radius 1 is 1.13 bits per heavy atom. The predicted octanol–water partition coefficient (Wildman–Crippen LogP) is 4.70. The van der Waals surface area contributed by atoms with Gasteiger partial charge in [-0.15, -0.1) is 0 Å². The molecule has 0 aliphatic carbocycles. The Hall–Kier alpha value is -1.81. The van der Waals surface area contributed by atoms with E-state index < -0.39 is 5.72 Å². The summed E-state index contributed by atoms with van der Waals surface area (Å²) >= 11 is 3.54. The first-order valence-corrected chi connectivity index (χ1v) is 8.59. The first kappa shape index (κ1) is 14.8. The number of rotatable bonds is 1. The van der Waals surface area contributed by atoms with Crippen LogP contribution < -0.4 is 4.90 Å². The fraction of sp³-hybridized carbons (Fsp3) is 0.316. The Bertz CT molecular complexity index is 815. The van der Waals surface area contributed by atoms with Crippen LogP contribution in [0.3, 0.4) is 0 Å². The summed E-state index contributed by atoms with van der Waals surface area (Å²) in [5.74, 6) is 0. The van der Waals surface area contributed by atoms with E-state index in [9.17, 15) is 0 Å². The van der Waals surface area contributed by atoms with Crippen molar-refractivity contribution in [2.45, 2.75) is 31.4 Å². The molecule has 0 saturated heterocycles. The van der Waals surface area contributed by atoms with Gasteiger partial charge in [-0.2, -0.15) is 0 Å². The van der Waals surface area contributed by atoms with Crippen LogP contribution in [0.4, 0.5) is 5.69 Å². The number of likely N-dealkylation sites (N-methyl/N-ethyl adjacent to an activating group) is 1. The molecule has 2 aliphatic heterocycles. The molecule has 0 bridgehead atoms. The highest BCUT2D eigenvalue weighted by molar-refractivity contribution is 9.10. The Morgan fingerprint density at radius 2 is 1.91 bits per heavy atom. The van der Waals surface area contributed by atoms with E-state index in [1.54, 1.807) is 0 Å². The minimum atomic E-state index is -0.464. The van der Waals surface area contributed by atoms with Crippen molar-refractivity contribution in [3.8, 4) is 0 Å². The second-order valence-corrected chi connectivity index (χ2v) is 7.72. The minimum absolute atomic E-state index is 0.143. The van der Waals surface area contributed by atoms with Gasteiger partial charge in [-0.25, -0.2) is 0 Å². The van der Waals surface area contributed by atoms with E-state index in [1.165, 1.54) is 11.3 Å². The highest BCUT2D eigenvalue weighted by atomic mass is 79.9. The van der Waals surface area contributed by atoms with Gasteiger partial charge in [0.1, 0.15) is 0 Å². The van der Waals surface area contributed by atoms with Crippen LogP contribution in [0, 0.1) is 0 Å². The van der Waals surface area contributed by atoms with Crippen LogP contribution in [0.25, 0.3) is 0 Å². The Labute approximate surface area is 145 Å². The van der Waals surface area contributed by atoms with Crippen molar-refractivity contribution in [1.82, 2.24) is 0 Å². The average molecular weight is 371 g/mol. The molecule has 1 spiro atoms. The first-order chi connectivity index (χ1) is 11.0. The normalized spacial score (nSPS) is 24.5. The number of hydrogen-bond donors (Lipinski definition) is 0. The van der Waals surface area contributed by atoms with Crippen molar-refractivity contribution >= 4 is 27.3 Å². The van der Waals surface area contributed by atoms with E-state index in [4.69, 9.17) is 4.84 Å². The molecule has 1 atom stereocenters. The van der Waals surface area contributed by atoms with Crippen LogP contribution in [0.1, 0.15) is 31.4 Å². The summed E-state index contributed by atoms with van der Waals surface area (Å²) in [7, 11) is 2.10. The number of para-hydroxylation sites is 1. The standard InChI is InChI=1S/C19H19BrN2O/c1-18(2)15-9-4-5-10-17(15)22(3)19(18)12-16(21-23-19)13-7-6-8-14(20)11-13/h4-11H,12H2,1-3H3/t19-/m0/s1. The largest absolute Gasteiger partial charge is 0.366 e. The molecule has 0 N–H and O–H groups in total. The summed E-state index contributed by atoms with van der Waals surface area (Å²) in [6.07, 6.45) is 0.766. The van der Waals surface area contributed by atoms with Gasteiger partial charge in [-0.1, -0.05) is 51.4 Å². The number of hydrogen-bond acceptors (Lipinski definition) is 3. The van der Waals surface area contributed by atoms with E-state index in [0.29, 0.717) is 0 Å². The van der Waals surface area contributed by atoms with Crippen LogP contribution in [-0.2, 0) is 10.3 Å². The number of halogens is 1. The molecule has 0 amide bonds. The van der Waals surface area contributed by atoms with Gasteiger partial charge < -0.3 is 9.74 Å². The molecular weight excluding hydrogens is 352 g/mol. The molecule has 3 nitrogen and oxygen atoms in total. The highest BCUT2D eigenvalue weighted by Gasteiger charge is 2.61. The molecule has 0 fully saturated rings. The molecule has 2 aromatic carbocycles. The van der Waals surface area contributed by atoms with Crippen molar-refractivity contribution < 1.29 is 4.84 Å². The van der Waals surface area contributed by atoms with Crippen LogP contribution >= 0.6 is 15.9 Å². The number of oxime groups is 1. The van der Waals surface area contributed by atoms with Gasteiger partial charge in [-0.3, -0.25) is 0 Å². The summed E-state index contributed by atoms with van der Waals surface area (Å²) < 4.78 is 1.06. The molecule has 23 heavy (non-hydrogen) atoms. The highest BCUT2D eigenvalue weighted by Crippen LogP contribution is 2.55. The fourth-order valence-electron chi connectivity index (χ4n) is 3.88. The summed E-state index contributed by atoms with van der Waals surface area (Å²) in [6, 6.07) is 16.8. The van der Waals surface area contributed by atoms with Crippen LogP contribution in [-0.4, -0.2) is 18.5 Å². The first-order valence-electron chi connectivity index (χ1n) is 7.80. The monoisotopic (exact) mass is 370 g/mol. The van der Waals surface area contributed by atoms with Crippen molar-refractivity contribution in [3.05, 3.63) is 64.1 Å². The van der Waals surface area contributed by atoms with E-state index in [-0.39, 0.29) is 5.41 Å². The molecular formula is C19H19BrN2O.